The molecule has 0 aliphatic carbocycles. The van der Waals surface area contributed by atoms with Crippen LogP contribution >= 0.6 is 0 Å². The molecule has 1 saturated heterocycles. The zero-order chi connectivity index (χ0) is 32.9. The second-order valence-corrected chi connectivity index (χ2v) is 13.3. The van der Waals surface area contributed by atoms with Gasteiger partial charge >= 0.3 is 6.09 Å². The number of nitrogens with two attached hydrogens (primary N) is 1. The van der Waals surface area contributed by atoms with E-state index < -0.39 is 39.2 Å². The van der Waals surface area contributed by atoms with E-state index in [0.29, 0.717) is 53.4 Å². The molecule has 45 heavy (non-hydrogen) atoms. The molecule has 0 spiro atoms. The van der Waals surface area contributed by atoms with Gasteiger partial charge in [-0.25, -0.2) is 13.2 Å². The third-order valence-corrected chi connectivity index (χ3v) is 9.94. The minimum Gasteiger partial charge on any atom is -0.493 e. The molecule has 3 amide bonds. The van der Waals surface area contributed by atoms with Crippen LogP contribution in [0, 0.1) is 0 Å². The lowest BCUT2D eigenvalue weighted by Crippen LogP contribution is -2.38. The maximum Gasteiger partial charge on any atom is 0.411 e. The van der Waals surface area contributed by atoms with Crippen LogP contribution in [0.25, 0.3) is 0 Å². The van der Waals surface area contributed by atoms with Gasteiger partial charge in [0.15, 0.2) is 21.3 Å². The predicted octanol–water partition coefficient (Wildman–Crippen LogP) is 4.68. The summed E-state index contributed by atoms with van der Waals surface area (Å²) in [7, 11) is 0.460. The summed E-state index contributed by atoms with van der Waals surface area (Å²) < 4.78 is 42.6. The van der Waals surface area contributed by atoms with Crippen molar-refractivity contribution < 1.29 is 37.0 Å². The van der Waals surface area contributed by atoms with E-state index in [0.717, 1.165) is 0 Å². The number of sulfone groups is 1. The quantitative estimate of drug-likeness (QED) is 0.270. The first-order valence-corrected chi connectivity index (χ1v) is 15.9. The fraction of sp³-hybridized carbons (Fsp3) is 0.344. The highest BCUT2D eigenvalue weighted by atomic mass is 32.2. The van der Waals surface area contributed by atoms with Crippen LogP contribution in [0.4, 0.5) is 16.2 Å². The summed E-state index contributed by atoms with van der Waals surface area (Å²) in [5, 5.41) is 5.12. The average Bonchev–Trinajstić information content (AvgIpc) is 3.53. The lowest BCUT2D eigenvalue weighted by molar-refractivity contribution is -0.133. The Balaban J connectivity index is 1.82. The van der Waals surface area contributed by atoms with Crippen molar-refractivity contribution in [3.8, 4) is 11.5 Å². The van der Waals surface area contributed by atoms with E-state index in [2.05, 4.69) is 10.6 Å². The van der Waals surface area contributed by atoms with Gasteiger partial charge in [-0.2, -0.15) is 0 Å². The Morgan fingerprint density at radius 3 is 2.31 bits per heavy atom. The molecule has 2 atom stereocenters. The molecule has 240 valence electrons. The van der Waals surface area contributed by atoms with Crippen molar-refractivity contribution >= 4 is 39.1 Å². The second kappa shape index (κ2) is 13.9. The molecule has 0 unspecified atom stereocenters. The minimum atomic E-state index is -3.77. The molecule has 0 radical (unpaired) electrons. The van der Waals surface area contributed by atoms with E-state index in [1.165, 1.54) is 33.5 Å². The van der Waals surface area contributed by atoms with Gasteiger partial charge < -0.3 is 30.2 Å². The maximum atomic E-state index is 14.6. The van der Waals surface area contributed by atoms with Crippen LogP contribution in [-0.4, -0.2) is 64.3 Å². The van der Waals surface area contributed by atoms with E-state index in [1.807, 2.05) is 0 Å². The van der Waals surface area contributed by atoms with Crippen LogP contribution < -0.4 is 25.8 Å². The summed E-state index contributed by atoms with van der Waals surface area (Å²) in [5.41, 5.74) is 7.51. The van der Waals surface area contributed by atoms with Crippen molar-refractivity contribution in [1.82, 2.24) is 4.90 Å². The number of carbonyl (C=O) groups excluding carboxylic acids is 3. The van der Waals surface area contributed by atoms with Crippen LogP contribution in [0.3, 0.4) is 0 Å². The Morgan fingerprint density at radius 1 is 0.933 bits per heavy atom. The Morgan fingerprint density at radius 2 is 1.67 bits per heavy atom. The third kappa shape index (κ3) is 7.14. The highest BCUT2D eigenvalue weighted by Gasteiger charge is 2.38. The second-order valence-electron chi connectivity index (χ2n) is 10.8. The average molecular weight is 639 g/mol. The van der Waals surface area contributed by atoms with Crippen molar-refractivity contribution in [3.63, 3.8) is 0 Å². The largest absolute Gasteiger partial charge is 0.493 e. The monoisotopic (exact) mass is 638 g/mol. The number of anilines is 2. The fourth-order valence-corrected chi connectivity index (χ4v) is 6.63. The Kier molecular flexibility index (Phi) is 10.2. The zero-order valence-electron chi connectivity index (χ0n) is 25.8. The molecule has 0 bridgehead atoms. The van der Waals surface area contributed by atoms with Crippen LogP contribution in [-0.2, 0) is 19.4 Å². The normalized spacial score (nSPS) is 15.3. The third-order valence-electron chi connectivity index (χ3n) is 7.71. The number of methoxy groups -OCH3 is 3. The van der Waals surface area contributed by atoms with Gasteiger partial charge in [0, 0.05) is 23.5 Å². The highest BCUT2D eigenvalue weighted by Crippen LogP contribution is 2.41. The highest BCUT2D eigenvalue weighted by molar-refractivity contribution is 7.92. The molecule has 0 saturated carbocycles. The summed E-state index contributed by atoms with van der Waals surface area (Å²) in [5.74, 6) is -0.0777. The van der Waals surface area contributed by atoms with Gasteiger partial charge in [0.2, 0.25) is 11.8 Å². The van der Waals surface area contributed by atoms with Crippen molar-refractivity contribution in [2.75, 3.05) is 38.5 Å². The zero-order valence-corrected chi connectivity index (χ0v) is 26.6. The molecule has 1 heterocycles. The van der Waals surface area contributed by atoms with E-state index >= 15 is 0 Å². The molecule has 4 rings (SSSR count). The fourth-order valence-electron chi connectivity index (χ4n) is 5.34. The number of amides is 3. The minimum absolute atomic E-state index is 0.0856. The van der Waals surface area contributed by atoms with E-state index in [9.17, 15) is 22.8 Å². The number of carbonyl (C=O) groups is 3. The molecule has 3 aromatic rings. The van der Waals surface area contributed by atoms with E-state index in [1.54, 1.807) is 67.3 Å². The predicted molar refractivity (Wildman–Crippen MR) is 169 cm³/mol. The van der Waals surface area contributed by atoms with Gasteiger partial charge in [0.1, 0.15) is 6.04 Å². The number of nitrogens with one attached hydrogen (secondary N) is 2. The van der Waals surface area contributed by atoms with Gasteiger partial charge in [0.25, 0.3) is 0 Å². The Labute approximate surface area is 262 Å². The maximum absolute atomic E-state index is 14.6. The first-order chi connectivity index (χ1) is 21.4. The van der Waals surface area contributed by atoms with Gasteiger partial charge in [0.05, 0.1) is 37.5 Å². The van der Waals surface area contributed by atoms with Gasteiger partial charge in [-0.1, -0.05) is 12.1 Å². The van der Waals surface area contributed by atoms with Crippen molar-refractivity contribution in [2.24, 2.45) is 5.73 Å². The summed E-state index contributed by atoms with van der Waals surface area (Å²) >= 11 is 0. The van der Waals surface area contributed by atoms with Crippen molar-refractivity contribution in [2.45, 2.75) is 48.9 Å². The molecule has 12 nitrogen and oxygen atoms in total. The lowest BCUT2D eigenvalue weighted by Gasteiger charge is -2.32. The number of likely N-dealkylation sites (tertiary alicyclic amines) is 1. The number of nitrogens with zero attached hydrogens (tertiary/aromatic N) is 1. The van der Waals surface area contributed by atoms with Crippen LogP contribution in [0.1, 0.15) is 60.3 Å². The molecule has 1 fully saturated rings. The Bertz CT molecular complexity index is 1690. The lowest BCUT2D eigenvalue weighted by atomic mass is 10.0. The number of primary amides is 1. The molecule has 4 N–H and O–H groups in total. The van der Waals surface area contributed by atoms with Crippen molar-refractivity contribution in [1.29, 1.82) is 0 Å². The smallest absolute Gasteiger partial charge is 0.411 e. The standard InChI is InChI=1S/C32H38N4O8S/c1-19(2)45(40,41)28-14-12-23(35-32(39)44-5)18-24(28)25-10-7-15-36(25)31(38)29(20-11-13-26(42-3)27(17-20)43-4)34-22-9-6-8-21(16-22)30(33)37/h6,8-9,11-14,16-19,25,29,34H,7,10,15H2,1-5H3,(H2,33,37)(H,35,39)/t25-,29-/m1/s1. The number of ether oxygens (including phenoxy) is 3. The molecule has 1 aliphatic rings. The number of benzene rings is 3. The summed E-state index contributed by atoms with van der Waals surface area (Å²) in [6, 6.07) is 14.5. The van der Waals surface area contributed by atoms with Gasteiger partial charge in [-0.05, 0) is 86.3 Å². The van der Waals surface area contributed by atoms with Gasteiger partial charge in [-0.15, -0.1) is 0 Å². The summed E-state index contributed by atoms with van der Waals surface area (Å²) in [6.07, 6.45) is 0.391. The van der Waals surface area contributed by atoms with Crippen molar-refractivity contribution in [3.05, 3.63) is 77.4 Å². The van der Waals surface area contributed by atoms with E-state index in [4.69, 9.17) is 19.9 Å². The van der Waals surface area contributed by atoms with Gasteiger partial charge in [-0.3, -0.25) is 14.9 Å². The SMILES string of the molecule is COC(=O)Nc1ccc(S(=O)(=O)C(C)C)c([C@H]2CCCN2C(=O)[C@H](Nc2cccc(C(N)=O)c2)c2ccc(OC)c(OC)c2)c1. The number of hydrogen-bond donors (Lipinski definition) is 3. The summed E-state index contributed by atoms with van der Waals surface area (Å²) in [6.45, 7) is 3.54. The first kappa shape index (κ1) is 33.1. The molecule has 3 aromatic carbocycles. The summed E-state index contributed by atoms with van der Waals surface area (Å²) in [4.78, 5) is 40.2. The number of hydrogen-bond acceptors (Lipinski definition) is 9. The molecule has 13 heteroatoms. The van der Waals surface area contributed by atoms with Crippen LogP contribution in [0.5, 0.6) is 11.5 Å². The number of rotatable bonds is 11. The molecule has 1 aliphatic heterocycles. The van der Waals surface area contributed by atoms with Crippen LogP contribution in [0.15, 0.2) is 65.6 Å². The topological polar surface area (TPSA) is 166 Å². The molecular formula is C32H38N4O8S. The van der Waals surface area contributed by atoms with Crippen LogP contribution in [0.2, 0.25) is 0 Å². The first-order valence-electron chi connectivity index (χ1n) is 14.3. The Hall–Kier alpha value is -4.78. The molecule has 0 aromatic heterocycles. The molecular weight excluding hydrogens is 600 g/mol. The van der Waals surface area contributed by atoms with E-state index in [-0.39, 0.29) is 16.4 Å².